The standard InChI is InChI=1S/C10H15ClN4O/c1-7(12)3-2-4-10(16)15-9-5-8(11)13-6-14-9/h5-7H,2-4,12H2,1H3,(H,13,14,15,16). The summed E-state index contributed by atoms with van der Waals surface area (Å²) < 4.78 is 0. The summed E-state index contributed by atoms with van der Waals surface area (Å²) in [6.45, 7) is 1.92. The largest absolute Gasteiger partial charge is 0.328 e. The molecule has 1 unspecified atom stereocenters. The third kappa shape index (κ3) is 5.04. The minimum Gasteiger partial charge on any atom is -0.328 e. The van der Waals surface area contributed by atoms with Crippen LogP contribution in [0.25, 0.3) is 0 Å². The molecule has 0 aromatic carbocycles. The summed E-state index contributed by atoms with van der Waals surface area (Å²) in [4.78, 5) is 19.0. The van der Waals surface area contributed by atoms with Crippen molar-refractivity contribution in [2.75, 3.05) is 5.32 Å². The van der Waals surface area contributed by atoms with Crippen molar-refractivity contribution in [3.63, 3.8) is 0 Å². The van der Waals surface area contributed by atoms with Crippen LogP contribution in [0.1, 0.15) is 26.2 Å². The molecule has 1 heterocycles. The summed E-state index contributed by atoms with van der Waals surface area (Å²) in [5, 5.41) is 2.95. The van der Waals surface area contributed by atoms with Crippen LogP contribution in [0.5, 0.6) is 0 Å². The molecule has 0 saturated heterocycles. The molecule has 0 aliphatic heterocycles. The quantitative estimate of drug-likeness (QED) is 0.769. The molecule has 6 heteroatoms. The Morgan fingerprint density at radius 3 is 3.00 bits per heavy atom. The van der Waals surface area contributed by atoms with Crippen molar-refractivity contribution in [2.45, 2.75) is 32.2 Å². The van der Waals surface area contributed by atoms with E-state index < -0.39 is 0 Å². The maximum atomic E-state index is 11.4. The van der Waals surface area contributed by atoms with Gasteiger partial charge in [0.05, 0.1) is 0 Å². The SMILES string of the molecule is CC(N)CCCC(=O)Nc1cc(Cl)ncn1. The van der Waals surface area contributed by atoms with Gasteiger partial charge in [-0.1, -0.05) is 11.6 Å². The highest BCUT2D eigenvalue weighted by Gasteiger charge is 2.04. The van der Waals surface area contributed by atoms with Crippen LogP contribution in [0.2, 0.25) is 5.15 Å². The second-order valence-electron chi connectivity index (χ2n) is 3.64. The number of carbonyl (C=O) groups excluding carboxylic acids is 1. The third-order valence-corrected chi connectivity index (χ3v) is 2.17. The molecule has 1 aromatic rings. The molecule has 5 nitrogen and oxygen atoms in total. The zero-order valence-corrected chi connectivity index (χ0v) is 9.87. The van der Waals surface area contributed by atoms with Gasteiger partial charge in [-0.2, -0.15) is 0 Å². The highest BCUT2D eigenvalue weighted by molar-refractivity contribution is 6.29. The van der Waals surface area contributed by atoms with Gasteiger partial charge in [0.15, 0.2) is 0 Å². The monoisotopic (exact) mass is 242 g/mol. The summed E-state index contributed by atoms with van der Waals surface area (Å²) in [5.74, 6) is 0.334. The second-order valence-corrected chi connectivity index (χ2v) is 4.03. The van der Waals surface area contributed by atoms with Crippen molar-refractivity contribution < 1.29 is 4.79 Å². The Balaban J connectivity index is 2.34. The predicted octanol–water partition coefficient (Wildman–Crippen LogP) is 1.59. The average Bonchev–Trinajstić information content (AvgIpc) is 2.16. The third-order valence-electron chi connectivity index (χ3n) is 1.96. The lowest BCUT2D eigenvalue weighted by molar-refractivity contribution is -0.116. The number of hydrogen-bond acceptors (Lipinski definition) is 4. The number of nitrogens with zero attached hydrogens (tertiary/aromatic N) is 2. The number of hydrogen-bond donors (Lipinski definition) is 2. The fraction of sp³-hybridized carbons (Fsp3) is 0.500. The molecule has 1 aromatic heterocycles. The number of nitrogens with one attached hydrogen (secondary N) is 1. The van der Waals surface area contributed by atoms with Crippen LogP contribution in [0, 0.1) is 0 Å². The fourth-order valence-corrected chi connectivity index (χ4v) is 1.34. The number of carbonyl (C=O) groups is 1. The molecule has 0 fully saturated rings. The number of nitrogens with two attached hydrogens (primary N) is 1. The van der Waals surface area contributed by atoms with E-state index in [0.717, 1.165) is 12.8 Å². The van der Waals surface area contributed by atoms with Gasteiger partial charge in [-0.25, -0.2) is 9.97 Å². The molecule has 0 aliphatic carbocycles. The Bertz CT molecular complexity index is 356. The number of anilines is 1. The predicted molar refractivity (Wildman–Crippen MR) is 63.2 cm³/mol. The molecule has 1 atom stereocenters. The Labute approximate surface area is 99.4 Å². The number of aromatic nitrogens is 2. The molecule has 88 valence electrons. The first-order valence-electron chi connectivity index (χ1n) is 5.11. The van der Waals surface area contributed by atoms with E-state index in [0.29, 0.717) is 17.4 Å². The van der Waals surface area contributed by atoms with Crippen LogP contribution in [0.3, 0.4) is 0 Å². The molecule has 1 rings (SSSR count). The van der Waals surface area contributed by atoms with E-state index in [2.05, 4.69) is 15.3 Å². The highest BCUT2D eigenvalue weighted by atomic mass is 35.5. The van der Waals surface area contributed by atoms with Gasteiger partial charge in [0, 0.05) is 18.5 Å². The lowest BCUT2D eigenvalue weighted by atomic mass is 10.1. The zero-order valence-electron chi connectivity index (χ0n) is 9.11. The lowest BCUT2D eigenvalue weighted by Gasteiger charge is -2.05. The molecule has 0 spiro atoms. The first kappa shape index (κ1) is 12.9. The van der Waals surface area contributed by atoms with Crippen molar-refractivity contribution in [1.29, 1.82) is 0 Å². The zero-order chi connectivity index (χ0) is 12.0. The van der Waals surface area contributed by atoms with E-state index in [4.69, 9.17) is 17.3 Å². The van der Waals surface area contributed by atoms with Gasteiger partial charge in [-0.05, 0) is 19.8 Å². The van der Waals surface area contributed by atoms with Crippen molar-refractivity contribution >= 4 is 23.3 Å². The van der Waals surface area contributed by atoms with Crippen LogP contribution < -0.4 is 11.1 Å². The van der Waals surface area contributed by atoms with Gasteiger partial charge in [0.1, 0.15) is 17.3 Å². The maximum absolute atomic E-state index is 11.4. The van der Waals surface area contributed by atoms with Crippen molar-refractivity contribution in [2.24, 2.45) is 5.73 Å². The summed E-state index contributed by atoms with van der Waals surface area (Å²) in [6.07, 6.45) is 3.34. The minimum absolute atomic E-state index is 0.0876. The molecular weight excluding hydrogens is 228 g/mol. The van der Waals surface area contributed by atoms with Gasteiger partial charge < -0.3 is 11.1 Å². The van der Waals surface area contributed by atoms with Gasteiger partial charge >= 0.3 is 0 Å². The summed E-state index contributed by atoms with van der Waals surface area (Å²) in [7, 11) is 0. The van der Waals surface area contributed by atoms with Crippen molar-refractivity contribution in [1.82, 2.24) is 9.97 Å². The van der Waals surface area contributed by atoms with Gasteiger partial charge in [0.2, 0.25) is 5.91 Å². The first-order valence-corrected chi connectivity index (χ1v) is 5.48. The van der Waals surface area contributed by atoms with Crippen LogP contribution in [-0.4, -0.2) is 21.9 Å². The molecule has 0 aliphatic rings. The topological polar surface area (TPSA) is 80.9 Å². The van der Waals surface area contributed by atoms with Crippen LogP contribution >= 0.6 is 11.6 Å². The Kier molecular flexibility index (Phi) is 5.14. The Hall–Kier alpha value is -1.20. The van der Waals surface area contributed by atoms with E-state index in [1.807, 2.05) is 6.92 Å². The van der Waals surface area contributed by atoms with Crippen LogP contribution in [0.4, 0.5) is 5.82 Å². The maximum Gasteiger partial charge on any atom is 0.225 e. The van der Waals surface area contributed by atoms with Crippen molar-refractivity contribution in [3.05, 3.63) is 17.5 Å². The molecular formula is C10H15ClN4O. The molecule has 0 saturated carbocycles. The fourth-order valence-electron chi connectivity index (χ4n) is 1.19. The average molecular weight is 243 g/mol. The van der Waals surface area contributed by atoms with E-state index in [9.17, 15) is 4.79 Å². The Morgan fingerprint density at radius 2 is 2.38 bits per heavy atom. The first-order chi connectivity index (χ1) is 7.58. The lowest BCUT2D eigenvalue weighted by Crippen LogP contribution is -2.17. The molecule has 0 bridgehead atoms. The molecule has 0 radical (unpaired) electrons. The number of halogens is 1. The van der Waals surface area contributed by atoms with Gasteiger partial charge in [-0.3, -0.25) is 4.79 Å². The number of rotatable bonds is 5. The summed E-state index contributed by atoms with van der Waals surface area (Å²) in [6, 6.07) is 1.63. The summed E-state index contributed by atoms with van der Waals surface area (Å²) >= 11 is 5.66. The Morgan fingerprint density at radius 1 is 1.62 bits per heavy atom. The van der Waals surface area contributed by atoms with E-state index in [1.54, 1.807) is 0 Å². The van der Waals surface area contributed by atoms with E-state index >= 15 is 0 Å². The summed E-state index contributed by atoms with van der Waals surface area (Å²) in [5.41, 5.74) is 5.58. The van der Waals surface area contributed by atoms with Gasteiger partial charge in [-0.15, -0.1) is 0 Å². The minimum atomic E-state index is -0.0876. The number of amides is 1. The normalized spacial score (nSPS) is 12.2. The highest BCUT2D eigenvalue weighted by Crippen LogP contribution is 2.09. The second kappa shape index (κ2) is 6.40. The van der Waals surface area contributed by atoms with Crippen LogP contribution in [0.15, 0.2) is 12.4 Å². The molecule has 16 heavy (non-hydrogen) atoms. The van der Waals surface area contributed by atoms with Gasteiger partial charge in [0.25, 0.3) is 0 Å². The van der Waals surface area contributed by atoms with Crippen molar-refractivity contribution in [3.8, 4) is 0 Å². The molecule has 1 amide bonds. The van der Waals surface area contributed by atoms with E-state index in [-0.39, 0.29) is 11.9 Å². The van der Waals surface area contributed by atoms with Crippen LogP contribution in [-0.2, 0) is 4.79 Å². The van der Waals surface area contributed by atoms with E-state index in [1.165, 1.54) is 12.4 Å². The smallest absolute Gasteiger partial charge is 0.225 e. The molecule has 3 N–H and O–H groups in total.